The topological polar surface area (TPSA) is 45.5 Å². The van der Waals surface area contributed by atoms with Crippen molar-refractivity contribution in [3.8, 4) is 0 Å². The largest absolute Gasteiger partial charge is 0.452 e. The summed E-state index contributed by atoms with van der Waals surface area (Å²) in [5, 5.41) is 3.16. The first-order valence-electron chi connectivity index (χ1n) is 4.97. The molecule has 6 heteroatoms. The Kier molecular flexibility index (Phi) is 3.94. The van der Waals surface area contributed by atoms with E-state index >= 15 is 0 Å². The van der Waals surface area contributed by atoms with E-state index in [1.54, 1.807) is 23.7 Å². The Hall–Kier alpha value is -0.460. The average molecular weight is 305 g/mol. The maximum Gasteiger partial charge on any atom is 0.240 e. The molecule has 1 aliphatic rings. The number of halogens is 1. The molecule has 2 rings (SSSR count). The number of nitrogens with zero attached hydrogens (tertiary/aromatic N) is 1. The van der Waals surface area contributed by atoms with Crippen LogP contribution in [0.2, 0.25) is 0 Å². The van der Waals surface area contributed by atoms with Crippen molar-refractivity contribution in [1.29, 1.82) is 0 Å². The van der Waals surface area contributed by atoms with Gasteiger partial charge in [0.15, 0.2) is 4.67 Å². The summed E-state index contributed by atoms with van der Waals surface area (Å²) in [6, 6.07) is 3.65. The molecule has 0 aliphatic carbocycles. The molecule has 1 amide bonds. The Bertz CT molecular complexity index is 377. The van der Waals surface area contributed by atoms with Gasteiger partial charge < -0.3 is 9.32 Å². The molecule has 1 fully saturated rings. The van der Waals surface area contributed by atoms with Crippen LogP contribution in [0.4, 0.5) is 0 Å². The summed E-state index contributed by atoms with van der Waals surface area (Å²) in [7, 11) is 1.80. The van der Waals surface area contributed by atoms with Crippen LogP contribution >= 0.6 is 27.7 Å². The van der Waals surface area contributed by atoms with Gasteiger partial charge in [-0.25, -0.2) is 0 Å². The first kappa shape index (κ1) is 12.0. The number of hydrogen-bond acceptors (Lipinski definition) is 4. The summed E-state index contributed by atoms with van der Waals surface area (Å²) in [5.41, 5.74) is 0. The van der Waals surface area contributed by atoms with Crippen LogP contribution in [0.3, 0.4) is 0 Å². The van der Waals surface area contributed by atoms with Crippen LogP contribution < -0.4 is 5.32 Å². The molecular weight excluding hydrogens is 292 g/mol. The number of thioether (sulfide) groups is 1. The van der Waals surface area contributed by atoms with Crippen molar-refractivity contribution >= 4 is 33.6 Å². The van der Waals surface area contributed by atoms with Gasteiger partial charge in [0.05, 0.1) is 12.6 Å². The summed E-state index contributed by atoms with van der Waals surface area (Å²) >= 11 is 4.99. The van der Waals surface area contributed by atoms with Crippen molar-refractivity contribution in [3.05, 3.63) is 22.6 Å². The zero-order valence-electron chi connectivity index (χ0n) is 8.90. The minimum Gasteiger partial charge on any atom is -0.452 e. The number of carbonyl (C=O) groups is 1. The smallest absolute Gasteiger partial charge is 0.240 e. The lowest BCUT2D eigenvalue weighted by Crippen LogP contribution is -2.42. The van der Waals surface area contributed by atoms with Crippen molar-refractivity contribution in [2.24, 2.45) is 0 Å². The number of rotatable bonds is 3. The van der Waals surface area contributed by atoms with E-state index in [9.17, 15) is 4.79 Å². The van der Waals surface area contributed by atoms with Crippen molar-refractivity contribution in [3.63, 3.8) is 0 Å². The van der Waals surface area contributed by atoms with Crippen LogP contribution in [0.1, 0.15) is 5.76 Å². The standard InChI is InChI=1S/C10H13BrN2O2S/c1-13(4-7-2-3-9(11)15-7)10(14)8-5-16-6-12-8/h2-3,8,12H,4-6H2,1H3. The van der Waals surface area contributed by atoms with Gasteiger partial charge in [-0.2, -0.15) is 0 Å². The normalized spacial score (nSPS) is 20.0. The van der Waals surface area contributed by atoms with Crippen LogP contribution in [-0.4, -0.2) is 35.5 Å². The van der Waals surface area contributed by atoms with Crippen LogP contribution in [0, 0.1) is 0 Å². The van der Waals surface area contributed by atoms with Gasteiger partial charge in [-0.3, -0.25) is 10.1 Å². The Morgan fingerprint density at radius 2 is 2.56 bits per heavy atom. The second kappa shape index (κ2) is 5.25. The quantitative estimate of drug-likeness (QED) is 0.922. The van der Waals surface area contributed by atoms with E-state index in [1.165, 1.54) is 0 Å². The summed E-state index contributed by atoms with van der Waals surface area (Å²) in [6.45, 7) is 0.507. The molecule has 0 aromatic carbocycles. The van der Waals surface area contributed by atoms with Gasteiger partial charge in [-0.15, -0.1) is 11.8 Å². The molecule has 1 saturated heterocycles. The molecule has 0 bridgehead atoms. The Labute approximate surface area is 107 Å². The second-order valence-electron chi connectivity index (χ2n) is 3.67. The fourth-order valence-electron chi connectivity index (χ4n) is 1.57. The molecule has 4 nitrogen and oxygen atoms in total. The van der Waals surface area contributed by atoms with Crippen molar-refractivity contribution in [1.82, 2.24) is 10.2 Å². The fourth-order valence-corrected chi connectivity index (χ4v) is 2.84. The third kappa shape index (κ3) is 2.81. The highest BCUT2D eigenvalue weighted by molar-refractivity contribution is 9.10. The van der Waals surface area contributed by atoms with Crippen LogP contribution in [0.15, 0.2) is 21.2 Å². The molecule has 0 saturated carbocycles. The van der Waals surface area contributed by atoms with E-state index < -0.39 is 0 Å². The number of amides is 1. The SMILES string of the molecule is CN(Cc1ccc(Br)o1)C(=O)C1CSCN1. The molecule has 88 valence electrons. The summed E-state index contributed by atoms with van der Waals surface area (Å²) in [4.78, 5) is 13.6. The van der Waals surface area contributed by atoms with Gasteiger partial charge in [0.25, 0.3) is 0 Å². The van der Waals surface area contributed by atoms with Gasteiger partial charge >= 0.3 is 0 Å². The van der Waals surface area contributed by atoms with Gasteiger partial charge in [-0.05, 0) is 28.1 Å². The highest BCUT2D eigenvalue weighted by Crippen LogP contribution is 2.17. The molecule has 1 N–H and O–H groups in total. The van der Waals surface area contributed by atoms with Crippen molar-refractivity contribution in [2.75, 3.05) is 18.7 Å². The Morgan fingerprint density at radius 1 is 1.75 bits per heavy atom. The van der Waals surface area contributed by atoms with Gasteiger partial charge in [-0.1, -0.05) is 0 Å². The Balaban J connectivity index is 1.91. The van der Waals surface area contributed by atoms with Gasteiger partial charge in [0.1, 0.15) is 5.76 Å². The number of likely N-dealkylation sites (N-methyl/N-ethyl adjacent to an activating group) is 1. The highest BCUT2D eigenvalue weighted by atomic mass is 79.9. The van der Waals surface area contributed by atoms with E-state index in [0.717, 1.165) is 17.4 Å². The third-order valence-corrected chi connectivity index (χ3v) is 3.78. The summed E-state index contributed by atoms with van der Waals surface area (Å²) in [5.74, 6) is 2.62. The molecule has 2 heterocycles. The number of furan rings is 1. The van der Waals surface area contributed by atoms with Crippen LogP contribution in [0.5, 0.6) is 0 Å². The van der Waals surface area contributed by atoms with Crippen molar-refractivity contribution in [2.45, 2.75) is 12.6 Å². The minimum atomic E-state index is -0.0478. The molecule has 1 aliphatic heterocycles. The van der Waals surface area contributed by atoms with E-state index in [1.807, 2.05) is 12.1 Å². The van der Waals surface area contributed by atoms with Gasteiger partial charge in [0.2, 0.25) is 5.91 Å². The molecule has 16 heavy (non-hydrogen) atoms. The summed E-state index contributed by atoms with van der Waals surface area (Å²) < 4.78 is 6.06. The zero-order chi connectivity index (χ0) is 11.5. The number of nitrogens with one attached hydrogen (secondary N) is 1. The molecule has 1 aromatic heterocycles. The second-order valence-corrected chi connectivity index (χ2v) is 5.48. The number of hydrogen-bond donors (Lipinski definition) is 1. The van der Waals surface area contributed by atoms with Crippen LogP contribution in [-0.2, 0) is 11.3 Å². The predicted molar refractivity (Wildman–Crippen MR) is 67.1 cm³/mol. The zero-order valence-corrected chi connectivity index (χ0v) is 11.3. The average Bonchev–Trinajstić information content (AvgIpc) is 2.88. The molecular formula is C10H13BrN2O2S. The van der Waals surface area contributed by atoms with E-state index in [2.05, 4.69) is 21.2 Å². The van der Waals surface area contributed by atoms with Crippen molar-refractivity contribution < 1.29 is 9.21 Å². The molecule has 1 aromatic rings. The lowest BCUT2D eigenvalue weighted by molar-refractivity contribution is -0.132. The number of carbonyl (C=O) groups excluding carboxylic acids is 1. The summed E-state index contributed by atoms with van der Waals surface area (Å²) in [6.07, 6.45) is 0. The van der Waals surface area contributed by atoms with E-state index in [-0.39, 0.29) is 11.9 Å². The lowest BCUT2D eigenvalue weighted by atomic mass is 10.3. The maximum absolute atomic E-state index is 12.0. The molecule has 1 unspecified atom stereocenters. The first-order valence-corrected chi connectivity index (χ1v) is 6.92. The minimum absolute atomic E-state index is 0.0478. The van der Waals surface area contributed by atoms with Gasteiger partial charge in [0, 0.05) is 18.7 Å². The third-order valence-electron chi connectivity index (χ3n) is 2.41. The Morgan fingerprint density at radius 3 is 3.12 bits per heavy atom. The van der Waals surface area contributed by atoms with E-state index in [0.29, 0.717) is 11.2 Å². The molecule has 0 radical (unpaired) electrons. The molecule has 1 atom stereocenters. The van der Waals surface area contributed by atoms with E-state index in [4.69, 9.17) is 4.42 Å². The highest BCUT2D eigenvalue weighted by Gasteiger charge is 2.25. The fraction of sp³-hybridized carbons (Fsp3) is 0.500. The first-order chi connectivity index (χ1) is 7.66. The molecule has 0 spiro atoms. The lowest BCUT2D eigenvalue weighted by Gasteiger charge is -2.19. The maximum atomic E-state index is 12.0. The monoisotopic (exact) mass is 304 g/mol. The predicted octanol–water partition coefficient (Wildman–Crippen LogP) is 1.66. The van der Waals surface area contributed by atoms with Crippen LogP contribution in [0.25, 0.3) is 0 Å².